The van der Waals surface area contributed by atoms with E-state index >= 15 is 0 Å². The molecule has 1 aromatic carbocycles. The first kappa shape index (κ1) is 26.9. The van der Waals surface area contributed by atoms with Crippen LogP contribution in [0.5, 0.6) is 0 Å². The van der Waals surface area contributed by atoms with Crippen molar-refractivity contribution in [3.8, 4) is 0 Å². The van der Waals surface area contributed by atoms with Crippen LogP contribution in [0.25, 0.3) is 5.65 Å². The van der Waals surface area contributed by atoms with Gasteiger partial charge in [-0.2, -0.15) is 9.61 Å². The third kappa shape index (κ3) is 5.98. The van der Waals surface area contributed by atoms with E-state index in [4.69, 9.17) is 4.98 Å². The average Bonchev–Trinajstić information content (AvgIpc) is 3.77. The van der Waals surface area contributed by atoms with Crippen LogP contribution in [0.1, 0.15) is 77.3 Å². The van der Waals surface area contributed by atoms with Gasteiger partial charge >= 0.3 is 6.09 Å². The van der Waals surface area contributed by atoms with E-state index in [2.05, 4.69) is 29.2 Å². The molecule has 3 aromatic rings. The molecule has 2 unspecified atom stereocenters. The lowest BCUT2D eigenvalue weighted by atomic mass is 10.0. The molecule has 2 N–H and O–H groups in total. The first-order valence-electron chi connectivity index (χ1n) is 13.5. The van der Waals surface area contributed by atoms with Crippen molar-refractivity contribution in [3.05, 3.63) is 57.8 Å². The van der Waals surface area contributed by atoms with Crippen LogP contribution in [0.4, 0.5) is 22.1 Å². The first-order chi connectivity index (χ1) is 18.3. The Kier molecular flexibility index (Phi) is 6.74. The normalized spacial score (nSPS) is 21.1. The van der Waals surface area contributed by atoms with Crippen LogP contribution in [-0.2, 0) is 6.54 Å². The van der Waals surface area contributed by atoms with Crippen LogP contribution in [0.3, 0.4) is 0 Å². The molecule has 39 heavy (non-hydrogen) atoms. The molecule has 1 saturated carbocycles. The van der Waals surface area contributed by atoms with Gasteiger partial charge in [-0.1, -0.05) is 12.1 Å². The number of rotatable bonds is 6. The van der Waals surface area contributed by atoms with E-state index in [1.165, 1.54) is 36.0 Å². The van der Waals surface area contributed by atoms with E-state index < -0.39 is 11.0 Å². The summed E-state index contributed by atoms with van der Waals surface area (Å²) in [4.78, 5) is 31.3. The van der Waals surface area contributed by atoms with Crippen molar-refractivity contribution in [2.45, 2.75) is 89.9 Å². The minimum absolute atomic E-state index is 0.0658. The third-order valence-electron chi connectivity index (χ3n) is 7.55. The van der Waals surface area contributed by atoms with Crippen molar-refractivity contribution in [3.63, 3.8) is 0 Å². The quantitative estimate of drug-likeness (QED) is 0.235. The van der Waals surface area contributed by atoms with E-state index in [1.807, 2.05) is 20.8 Å². The second kappa shape index (κ2) is 9.78. The molecule has 6 rings (SSSR count). The number of carbonyl (C=O) groups is 1. The molecule has 2 atom stereocenters. The Balaban J connectivity index is 0.000000325. The fraction of sp³-hybridized carbons (Fsp3) is 0.536. The second-order valence-corrected chi connectivity index (χ2v) is 12.4. The summed E-state index contributed by atoms with van der Waals surface area (Å²) in [6.07, 6.45) is 5.55. The number of nitrogens with one attached hydrogen (secondary N) is 1. The van der Waals surface area contributed by atoms with Crippen molar-refractivity contribution in [2.24, 2.45) is 0 Å². The van der Waals surface area contributed by atoms with Gasteiger partial charge in [0.2, 0.25) is 0 Å². The van der Waals surface area contributed by atoms with Gasteiger partial charge in [-0.25, -0.2) is 9.78 Å². The lowest BCUT2D eigenvalue weighted by molar-refractivity contribution is -0.384. The number of nitrogens with zero attached hydrogens (tertiary/aromatic N) is 6. The van der Waals surface area contributed by atoms with Gasteiger partial charge in [0.25, 0.3) is 5.69 Å². The Morgan fingerprint density at radius 3 is 2.51 bits per heavy atom. The molecule has 1 amide bonds. The predicted octanol–water partition coefficient (Wildman–Crippen LogP) is 5.65. The zero-order chi connectivity index (χ0) is 28.1. The SMILES string of the molecule is CC(C)(C)Nc1cc(N(Cc2cccc([N+](=O)[O-])c2)C(=O)O)n2ncc(C3CC3)c2n1.CC1(C)CCC2CN21. The number of benzene rings is 1. The van der Waals surface area contributed by atoms with Gasteiger partial charge in [0.1, 0.15) is 11.6 Å². The van der Waals surface area contributed by atoms with Crippen LogP contribution in [-0.4, -0.2) is 59.3 Å². The molecular weight excluding hydrogens is 498 g/mol. The molecule has 208 valence electrons. The Morgan fingerprint density at radius 1 is 1.26 bits per heavy atom. The van der Waals surface area contributed by atoms with Crippen LogP contribution in [0.2, 0.25) is 0 Å². The molecule has 0 bridgehead atoms. The summed E-state index contributed by atoms with van der Waals surface area (Å²) in [7, 11) is 0. The number of hydrogen-bond donors (Lipinski definition) is 2. The molecule has 11 nitrogen and oxygen atoms in total. The largest absolute Gasteiger partial charge is 0.465 e. The van der Waals surface area contributed by atoms with Gasteiger partial charge in [0.05, 0.1) is 17.7 Å². The second-order valence-electron chi connectivity index (χ2n) is 12.4. The smallest absolute Gasteiger partial charge is 0.413 e. The Morgan fingerprint density at radius 2 is 2.00 bits per heavy atom. The van der Waals surface area contributed by atoms with Crippen molar-refractivity contribution in [1.82, 2.24) is 19.5 Å². The molecule has 3 fully saturated rings. The number of piperidine rings is 1. The van der Waals surface area contributed by atoms with E-state index in [1.54, 1.807) is 24.4 Å². The van der Waals surface area contributed by atoms with E-state index in [0.29, 0.717) is 34.3 Å². The monoisotopic (exact) mass is 535 g/mol. The number of hydrogen-bond acceptors (Lipinski definition) is 7. The fourth-order valence-electron chi connectivity index (χ4n) is 5.32. The van der Waals surface area contributed by atoms with Crippen molar-refractivity contribution in [1.29, 1.82) is 0 Å². The van der Waals surface area contributed by atoms with Crippen molar-refractivity contribution < 1.29 is 14.8 Å². The minimum Gasteiger partial charge on any atom is -0.465 e. The number of nitro benzene ring substituents is 1. The van der Waals surface area contributed by atoms with Gasteiger partial charge in [0, 0.05) is 47.4 Å². The van der Waals surface area contributed by atoms with Crippen molar-refractivity contribution in [2.75, 3.05) is 16.8 Å². The Hall–Kier alpha value is -3.73. The van der Waals surface area contributed by atoms with Crippen molar-refractivity contribution >= 4 is 29.1 Å². The molecular formula is C28H37N7O4. The number of nitro groups is 1. The molecule has 2 aliphatic heterocycles. The summed E-state index contributed by atoms with van der Waals surface area (Å²) in [5, 5.41) is 28.8. The molecule has 0 spiro atoms. The van der Waals surface area contributed by atoms with Crippen LogP contribution < -0.4 is 10.2 Å². The van der Waals surface area contributed by atoms with Gasteiger partial charge < -0.3 is 10.4 Å². The molecule has 2 aromatic heterocycles. The number of aromatic nitrogens is 3. The lowest BCUT2D eigenvalue weighted by Gasteiger charge is -2.24. The zero-order valence-corrected chi connectivity index (χ0v) is 23.2. The lowest BCUT2D eigenvalue weighted by Crippen LogP contribution is -2.32. The van der Waals surface area contributed by atoms with Gasteiger partial charge in [0.15, 0.2) is 5.65 Å². The fourth-order valence-corrected chi connectivity index (χ4v) is 5.32. The molecule has 2 saturated heterocycles. The summed E-state index contributed by atoms with van der Waals surface area (Å²) in [5.74, 6) is 1.25. The highest BCUT2D eigenvalue weighted by atomic mass is 16.6. The van der Waals surface area contributed by atoms with E-state index in [0.717, 1.165) is 29.3 Å². The molecule has 11 heteroatoms. The van der Waals surface area contributed by atoms with E-state index in [9.17, 15) is 20.0 Å². The zero-order valence-electron chi connectivity index (χ0n) is 23.2. The summed E-state index contributed by atoms with van der Waals surface area (Å²) in [6.45, 7) is 12.0. The first-order valence-corrected chi connectivity index (χ1v) is 13.5. The Bertz CT molecular complexity index is 1410. The molecule has 3 aliphatic rings. The van der Waals surface area contributed by atoms with Crippen LogP contribution >= 0.6 is 0 Å². The summed E-state index contributed by atoms with van der Waals surface area (Å²) in [5.41, 5.74) is 2.31. The predicted molar refractivity (Wildman–Crippen MR) is 149 cm³/mol. The number of non-ortho nitro benzene ring substituents is 1. The molecule has 0 radical (unpaired) electrons. The number of amides is 1. The highest BCUT2D eigenvalue weighted by Crippen LogP contribution is 2.43. The van der Waals surface area contributed by atoms with Gasteiger partial charge in [-0.05, 0) is 71.8 Å². The third-order valence-corrected chi connectivity index (χ3v) is 7.55. The molecule has 1 aliphatic carbocycles. The number of fused-ring (bicyclic) bond motifs is 2. The average molecular weight is 536 g/mol. The number of carboxylic acid groups (broad SMARTS) is 1. The van der Waals surface area contributed by atoms with Gasteiger partial charge in [-0.15, -0.1) is 0 Å². The summed E-state index contributed by atoms with van der Waals surface area (Å²) >= 11 is 0. The Labute approximate surface area is 228 Å². The topological polar surface area (TPSA) is 129 Å². The summed E-state index contributed by atoms with van der Waals surface area (Å²) < 4.78 is 1.53. The maximum Gasteiger partial charge on any atom is 0.413 e. The maximum absolute atomic E-state index is 12.2. The molecule has 4 heterocycles. The highest BCUT2D eigenvalue weighted by molar-refractivity contribution is 5.86. The van der Waals surface area contributed by atoms with E-state index in [-0.39, 0.29) is 17.8 Å². The number of anilines is 2. The minimum atomic E-state index is -1.19. The summed E-state index contributed by atoms with van der Waals surface area (Å²) in [6, 6.07) is 8.59. The highest BCUT2D eigenvalue weighted by Gasteiger charge is 2.49. The van der Waals surface area contributed by atoms with Crippen LogP contribution in [0, 0.1) is 10.1 Å². The van der Waals surface area contributed by atoms with Gasteiger partial charge in [-0.3, -0.25) is 19.9 Å². The maximum atomic E-state index is 12.2. The standard InChI is InChI=1S/C21H24N6O4.C7H13N/c1-21(2,3)24-17-10-18(26-19(23-17)16(11-22-26)14-7-8-14)25(20(28)29)12-13-5-4-6-15(9-13)27(30)31;1-7(2)4-3-6-5-8(6)7/h4-6,9-11,14H,7-8,12H2,1-3H3,(H,23,24)(H,28,29);6H,3-5H2,1-2H3. The van der Waals surface area contributed by atoms with Crippen LogP contribution in [0.15, 0.2) is 36.5 Å².